The van der Waals surface area contributed by atoms with Crippen LogP contribution in [0.25, 0.3) is 0 Å². The van der Waals surface area contributed by atoms with E-state index in [1.807, 2.05) is 0 Å². The summed E-state index contributed by atoms with van der Waals surface area (Å²) in [5.74, 6) is -0.709. The molecule has 0 bridgehead atoms. The molecule has 9 heteroatoms. The largest absolute Gasteiger partial charge is 0.376 e. The van der Waals surface area contributed by atoms with E-state index in [1.165, 1.54) is 18.5 Å². The van der Waals surface area contributed by atoms with E-state index in [2.05, 4.69) is 15.6 Å². The molecule has 3 heterocycles. The van der Waals surface area contributed by atoms with E-state index in [9.17, 15) is 18.0 Å². The van der Waals surface area contributed by atoms with Gasteiger partial charge in [-0.25, -0.2) is 8.42 Å². The Hall–Kier alpha value is -2.00. The molecule has 2 saturated heterocycles. The van der Waals surface area contributed by atoms with Crippen LogP contribution >= 0.6 is 0 Å². The predicted molar refractivity (Wildman–Crippen MR) is 90.1 cm³/mol. The Morgan fingerprint density at radius 1 is 1.20 bits per heavy atom. The molecule has 3 rings (SSSR count). The fourth-order valence-electron chi connectivity index (χ4n) is 2.98. The van der Waals surface area contributed by atoms with Crippen molar-refractivity contribution in [1.29, 1.82) is 0 Å². The number of nitrogens with zero attached hydrogens (tertiary/aromatic N) is 1. The molecule has 2 unspecified atom stereocenters. The van der Waals surface area contributed by atoms with Crippen LogP contribution in [0.3, 0.4) is 0 Å². The molecule has 2 aliphatic rings. The number of amides is 2. The number of hydrogen-bond acceptors (Lipinski definition) is 6. The lowest BCUT2D eigenvalue weighted by Crippen LogP contribution is -2.36. The topological polar surface area (TPSA) is 114 Å². The first kappa shape index (κ1) is 17.8. The summed E-state index contributed by atoms with van der Waals surface area (Å²) in [6.07, 6.45) is 5.10. The summed E-state index contributed by atoms with van der Waals surface area (Å²) in [5, 5.41) is 5.46. The zero-order valence-electron chi connectivity index (χ0n) is 13.7. The second-order valence-electron chi connectivity index (χ2n) is 6.38. The third-order valence-corrected chi connectivity index (χ3v) is 6.11. The smallest absolute Gasteiger partial charge is 0.253 e. The van der Waals surface area contributed by atoms with Gasteiger partial charge >= 0.3 is 0 Å². The Balaban J connectivity index is 1.58. The number of nitrogens with one attached hydrogen (secondary N) is 2. The molecule has 0 aliphatic carbocycles. The van der Waals surface area contributed by atoms with Crippen LogP contribution in [0, 0.1) is 0 Å². The number of pyridine rings is 1. The molecule has 0 aromatic carbocycles. The van der Waals surface area contributed by atoms with Gasteiger partial charge in [0.2, 0.25) is 0 Å². The summed E-state index contributed by atoms with van der Waals surface area (Å²) in [6, 6.07) is 1.06. The standard InChI is InChI=1S/C16H21N3O5S/c20-15(18-9-14-2-1-4-24-14)11-6-12(8-17-7-11)16(21)19-13-3-5-25(22,23)10-13/h6-8,13-14H,1-5,9-10H2,(H,18,20)(H,19,21). The van der Waals surface area contributed by atoms with E-state index in [0.29, 0.717) is 19.6 Å². The van der Waals surface area contributed by atoms with Gasteiger partial charge in [-0.05, 0) is 25.3 Å². The van der Waals surface area contributed by atoms with E-state index < -0.39 is 21.8 Å². The van der Waals surface area contributed by atoms with Gasteiger partial charge in [-0.3, -0.25) is 14.6 Å². The highest BCUT2D eigenvalue weighted by atomic mass is 32.2. The average molecular weight is 367 g/mol. The minimum atomic E-state index is -3.07. The molecular formula is C16H21N3O5S. The number of rotatable bonds is 5. The molecular weight excluding hydrogens is 346 g/mol. The van der Waals surface area contributed by atoms with E-state index in [-0.39, 0.29) is 34.6 Å². The molecule has 0 radical (unpaired) electrons. The molecule has 8 nitrogen and oxygen atoms in total. The molecule has 0 saturated carbocycles. The van der Waals surface area contributed by atoms with Gasteiger partial charge in [-0.1, -0.05) is 0 Å². The first-order valence-corrected chi connectivity index (χ1v) is 10.1. The van der Waals surface area contributed by atoms with Crippen molar-refractivity contribution in [3.05, 3.63) is 29.6 Å². The van der Waals surface area contributed by atoms with E-state index in [0.717, 1.165) is 12.8 Å². The maximum atomic E-state index is 12.3. The van der Waals surface area contributed by atoms with Crippen LogP contribution in [0.2, 0.25) is 0 Å². The van der Waals surface area contributed by atoms with Gasteiger partial charge in [0.25, 0.3) is 11.8 Å². The number of ether oxygens (including phenoxy) is 1. The Labute approximate surface area is 146 Å². The summed E-state index contributed by atoms with van der Waals surface area (Å²) >= 11 is 0. The monoisotopic (exact) mass is 367 g/mol. The van der Waals surface area contributed by atoms with Gasteiger partial charge in [-0.2, -0.15) is 0 Å². The molecule has 2 atom stereocenters. The van der Waals surface area contributed by atoms with Crippen LogP contribution in [0.15, 0.2) is 18.5 Å². The molecule has 1 aromatic rings. The Morgan fingerprint density at radius 2 is 1.96 bits per heavy atom. The van der Waals surface area contributed by atoms with Crippen molar-refractivity contribution < 1.29 is 22.7 Å². The lowest BCUT2D eigenvalue weighted by atomic mass is 10.1. The second kappa shape index (κ2) is 7.49. The molecule has 1 aromatic heterocycles. The second-order valence-corrected chi connectivity index (χ2v) is 8.61. The minimum absolute atomic E-state index is 0.0349. The lowest BCUT2D eigenvalue weighted by Gasteiger charge is -2.12. The molecule has 136 valence electrons. The Morgan fingerprint density at radius 3 is 2.60 bits per heavy atom. The van der Waals surface area contributed by atoms with Gasteiger partial charge in [0.05, 0.1) is 28.7 Å². The van der Waals surface area contributed by atoms with Crippen molar-refractivity contribution in [3.63, 3.8) is 0 Å². The number of sulfone groups is 1. The normalized spacial score (nSPS) is 24.8. The quantitative estimate of drug-likeness (QED) is 0.752. The van der Waals surface area contributed by atoms with Gasteiger partial charge in [0, 0.05) is 31.6 Å². The van der Waals surface area contributed by atoms with Crippen LogP contribution in [-0.4, -0.2) is 62.0 Å². The van der Waals surface area contributed by atoms with Gasteiger partial charge in [0.15, 0.2) is 9.84 Å². The van der Waals surface area contributed by atoms with Gasteiger partial charge in [0.1, 0.15) is 0 Å². The summed E-state index contributed by atoms with van der Waals surface area (Å²) in [5.41, 5.74) is 0.513. The fraction of sp³-hybridized carbons (Fsp3) is 0.562. The highest BCUT2D eigenvalue weighted by Crippen LogP contribution is 2.13. The zero-order valence-corrected chi connectivity index (χ0v) is 14.5. The fourth-order valence-corrected chi connectivity index (χ4v) is 4.65. The summed E-state index contributed by atoms with van der Waals surface area (Å²) in [6.45, 7) is 1.14. The molecule has 2 amide bonds. The van der Waals surface area contributed by atoms with Crippen LogP contribution in [0.4, 0.5) is 0 Å². The molecule has 0 spiro atoms. The van der Waals surface area contributed by atoms with Crippen molar-refractivity contribution in [2.45, 2.75) is 31.4 Å². The highest BCUT2D eigenvalue weighted by Gasteiger charge is 2.29. The van der Waals surface area contributed by atoms with Crippen LogP contribution in [0.1, 0.15) is 40.0 Å². The minimum Gasteiger partial charge on any atom is -0.376 e. The van der Waals surface area contributed by atoms with Crippen molar-refractivity contribution in [2.75, 3.05) is 24.7 Å². The van der Waals surface area contributed by atoms with Crippen molar-refractivity contribution in [2.24, 2.45) is 0 Å². The van der Waals surface area contributed by atoms with Crippen molar-refractivity contribution in [3.8, 4) is 0 Å². The van der Waals surface area contributed by atoms with Gasteiger partial charge in [-0.15, -0.1) is 0 Å². The van der Waals surface area contributed by atoms with E-state index in [4.69, 9.17) is 4.74 Å². The third-order valence-electron chi connectivity index (χ3n) is 4.34. The third kappa shape index (κ3) is 4.76. The number of carbonyl (C=O) groups is 2. The number of aromatic nitrogens is 1. The summed E-state index contributed by atoms with van der Waals surface area (Å²) < 4.78 is 28.4. The van der Waals surface area contributed by atoms with Gasteiger partial charge < -0.3 is 15.4 Å². The Bertz CT molecular complexity index is 759. The highest BCUT2D eigenvalue weighted by molar-refractivity contribution is 7.91. The van der Waals surface area contributed by atoms with Crippen molar-refractivity contribution >= 4 is 21.7 Å². The first-order valence-electron chi connectivity index (χ1n) is 8.29. The van der Waals surface area contributed by atoms with Crippen LogP contribution in [0.5, 0.6) is 0 Å². The summed E-state index contributed by atoms with van der Waals surface area (Å²) in [7, 11) is -3.07. The number of hydrogen-bond donors (Lipinski definition) is 2. The molecule has 25 heavy (non-hydrogen) atoms. The number of carbonyl (C=O) groups excluding carboxylic acids is 2. The van der Waals surface area contributed by atoms with E-state index >= 15 is 0 Å². The predicted octanol–water partition coefficient (Wildman–Crippen LogP) is -0.0927. The SMILES string of the molecule is O=C(NCC1CCCO1)c1cncc(C(=O)NC2CCS(=O)(=O)C2)c1. The maximum Gasteiger partial charge on any atom is 0.253 e. The van der Waals surface area contributed by atoms with Crippen LogP contribution < -0.4 is 10.6 Å². The maximum absolute atomic E-state index is 12.3. The van der Waals surface area contributed by atoms with Crippen molar-refractivity contribution in [1.82, 2.24) is 15.6 Å². The molecule has 2 N–H and O–H groups in total. The molecule has 2 aliphatic heterocycles. The van der Waals surface area contributed by atoms with Crippen LogP contribution in [-0.2, 0) is 14.6 Å². The Kier molecular flexibility index (Phi) is 5.33. The zero-order chi connectivity index (χ0) is 17.9. The van der Waals surface area contributed by atoms with E-state index in [1.54, 1.807) is 0 Å². The lowest BCUT2D eigenvalue weighted by molar-refractivity contribution is 0.0857. The summed E-state index contributed by atoms with van der Waals surface area (Å²) in [4.78, 5) is 28.4. The first-order chi connectivity index (χ1) is 11.9. The average Bonchev–Trinajstić information content (AvgIpc) is 3.22. The molecule has 2 fully saturated rings.